The van der Waals surface area contributed by atoms with Crippen LogP contribution in [-0.4, -0.2) is 27.9 Å². The van der Waals surface area contributed by atoms with Crippen LogP contribution in [0.2, 0.25) is 0 Å². The summed E-state index contributed by atoms with van der Waals surface area (Å²) in [6, 6.07) is 9.54. The Bertz CT molecular complexity index is 644. The molecule has 0 aliphatic carbocycles. The summed E-state index contributed by atoms with van der Waals surface area (Å²) >= 11 is 3.30. The van der Waals surface area contributed by atoms with Gasteiger partial charge in [-0.3, -0.25) is 19.9 Å². The predicted molar refractivity (Wildman–Crippen MR) is 85.6 cm³/mol. The molecule has 2 rings (SSSR count). The fourth-order valence-electron chi connectivity index (χ4n) is 1.93. The Labute approximate surface area is 136 Å². The topological polar surface area (TPSA) is 79.3 Å². The molecule has 0 amide bonds. The molecule has 22 heavy (non-hydrogen) atoms. The number of carboxylic acid groups (broad SMARTS) is 1. The molecule has 114 valence electrons. The van der Waals surface area contributed by atoms with E-state index in [1.165, 1.54) is 0 Å². The zero-order chi connectivity index (χ0) is 15.9. The van der Waals surface area contributed by atoms with Crippen LogP contribution >= 0.6 is 15.9 Å². The second-order valence-electron chi connectivity index (χ2n) is 4.77. The summed E-state index contributed by atoms with van der Waals surface area (Å²) < 4.78 is 0.869. The van der Waals surface area contributed by atoms with Crippen LogP contribution < -0.4 is 5.32 Å². The number of halogens is 1. The molecule has 1 aromatic heterocycles. The number of pyridine rings is 1. The molecule has 0 unspecified atom stereocenters. The molecule has 1 aromatic carbocycles. The minimum Gasteiger partial charge on any atom is -0.480 e. The van der Waals surface area contributed by atoms with E-state index in [2.05, 4.69) is 26.2 Å². The van der Waals surface area contributed by atoms with E-state index in [0.717, 1.165) is 10.0 Å². The maximum Gasteiger partial charge on any atom is 0.321 e. The molecule has 2 aromatic rings. The van der Waals surface area contributed by atoms with Gasteiger partial charge in [-0.05, 0) is 23.8 Å². The quantitative estimate of drug-likeness (QED) is 0.740. The third-order valence-corrected chi connectivity index (χ3v) is 3.66. The summed E-state index contributed by atoms with van der Waals surface area (Å²) in [4.78, 5) is 27.4. The number of rotatable bonds is 7. The molecular formula is C16H15BrN2O3. The van der Waals surface area contributed by atoms with Gasteiger partial charge in [-0.15, -0.1) is 0 Å². The van der Waals surface area contributed by atoms with E-state index in [1.807, 2.05) is 6.07 Å². The van der Waals surface area contributed by atoms with Crippen LogP contribution in [0, 0.1) is 0 Å². The Morgan fingerprint density at radius 2 is 1.95 bits per heavy atom. The van der Waals surface area contributed by atoms with Crippen molar-refractivity contribution < 1.29 is 14.7 Å². The van der Waals surface area contributed by atoms with Gasteiger partial charge in [0.25, 0.3) is 0 Å². The zero-order valence-electron chi connectivity index (χ0n) is 11.7. The number of carbonyl (C=O) groups excluding carboxylic acids is 1. The Morgan fingerprint density at radius 1 is 1.23 bits per heavy atom. The van der Waals surface area contributed by atoms with E-state index in [9.17, 15) is 14.7 Å². The van der Waals surface area contributed by atoms with Crippen LogP contribution in [0.3, 0.4) is 0 Å². The number of hydrogen-bond donors (Lipinski definition) is 2. The average molecular weight is 363 g/mol. The fourth-order valence-corrected chi connectivity index (χ4v) is 2.19. The average Bonchev–Trinajstić information content (AvgIpc) is 2.52. The summed E-state index contributed by atoms with van der Waals surface area (Å²) in [6.07, 6.45) is 3.20. The van der Waals surface area contributed by atoms with Crippen molar-refractivity contribution in [1.29, 1.82) is 0 Å². The number of aromatic nitrogens is 1. The standard InChI is InChI=1S/C16H15BrN2O3/c17-13-5-3-12(4-6-13)15(20)8-14(16(21)22)19-10-11-2-1-7-18-9-11/h1-7,9,14,19H,8,10H2,(H,21,22)/t14-/m1/s1. The van der Waals surface area contributed by atoms with Crippen LogP contribution in [-0.2, 0) is 11.3 Å². The largest absolute Gasteiger partial charge is 0.480 e. The minimum absolute atomic E-state index is 0.1000. The molecule has 0 radical (unpaired) electrons. The highest BCUT2D eigenvalue weighted by molar-refractivity contribution is 9.10. The van der Waals surface area contributed by atoms with Gasteiger partial charge in [-0.1, -0.05) is 34.1 Å². The maximum atomic E-state index is 12.2. The van der Waals surface area contributed by atoms with Crippen molar-refractivity contribution in [1.82, 2.24) is 10.3 Å². The van der Waals surface area contributed by atoms with Gasteiger partial charge in [0.15, 0.2) is 5.78 Å². The summed E-state index contributed by atoms with van der Waals surface area (Å²) in [7, 11) is 0. The molecule has 2 N–H and O–H groups in total. The highest BCUT2D eigenvalue weighted by Gasteiger charge is 2.21. The van der Waals surface area contributed by atoms with Crippen LogP contribution in [0.4, 0.5) is 0 Å². The van der Waals surface area contributed by atoms with E-state index < -0.39 is 12.0 Å². The molecular weight excluding hydrogens is 348 g/mol. The van der Waals surface area contributed by atoms with E-state index in [-0.39, 0.29) is 12.2 Å². The third-order valence-electron chi connectivity index (χ3n) is 3.13. The molecule has 0 saturated heterocycles. The Balaban J connectivity index is 1.98. The summed E-state index contributed by atoms with van der Waals surface area (Å²) in [5, 5.41) is 12.1. The summed E-state index contributed by atoms with van der Waals surface area (Å²) in [5.41, 5.74) is 1.36. The van der Waals surface area contributed by atoms with Gasteiger partial charge in [0.1, 0.15) is 6.04 Å². The number of hydrogen-bond acceptors (Lipinski definition) is 4. The molecule has 1 heterocycles. The SMILES string of the molecule is O=C(C[C@@H](NCc1cccnc1)C(=O)O)c1ccc(Br)cc1. The fraction of sp³-hybridized carbons (Fsp3) is 0.188. The van der Waals surface area contributed by atoms with E-state index in [4.69, 9.17) is 0 Å². The number of aliphatic carboxylic acids is 1. The van der Waals surface area contributed by atoms with E-state index >= 15 is 0 Å². The monoisotopic (exact) mass is 362 g/mol. The highest BCUT2D eigenvalue weighted by atomic mass is 79.9. The van der Waals surface area contributed by atoms with Crippen LogP contribution in [0.15, 0.2) is 53.3 Å². The second kappa shape index (κ2) is 7.82. The molecule has 0 saturated carbocycles. The lowest BCUT2D eigenvalue weighted by atomic mass is 10.0. The van der Waals surface area contributed by atoms with Gasteiger partial charge in [-0.25, -0.2) is 0 Å². The van der Waals surface area contributed by atoms with Gasteiger partial charge in [0, 0.05) is 35.4 Å². The van der Waals surface area contributed by atoms with Gasteiger partial charge in [0.05, 0.1) is 0 Å². The van der Waals surface area contributed by atoms with Crippen molar-refractivity contribution in [2.24, 2.45) is 0 Å². The normalized spacial score (nSPS) is 11.9. The molecule has 6 heteroatoms. The first-order valence-corrected chi connectivity index (χ1v) is 7.49. The zero-order valence-corrected chi connectivity index (χ0v) is 13.3. The summed E-state index contributed by atoms with van der Waals surface area (Å²) in [6.45, 7) is 0.346. The second-order valence-corrected chi connectivity index (χ2v) is 5.68. The Hall–Kier alpha value is -2.05. The van der Waals surface area contributed by atoms with Gasteiger partial charge < -0.3 is 5.11 Å². The minimum atomic E-state index is -1.05. The Kier molecular flexibility index (Phi) is 5.80. The number of nitrogens with one attached hydrogen (secondary N) is 1. The first kappa shape index (κ1) is 16.3. The highest BCUT2D eigenvalue weighted by Crippen LogP contribution is 2.13. The first-order chi connectivity index (χ1) is 10.6. The lowest BCUT2D eigenvalue weighted by Gasteiger charge is -2.13. The molecule has 0 bridgehead atoms. The lowest BCUT2D eigenvalue weighted by molar-refractivity contribution is -0.139. The molecule has 0 fully saturated rings. The van der Waals surface area contributed by atoms with Gasteiger partial charge in [-0.2, -0.15) is 0 Å². The van der Waals surface area contributed by atoms with Crippen molar-refractivity contribution in [3.05, 3.63) is 64.4 Å². The molecule has 1 atom stereocenters. The van der Waals surface area contributed by atoms with Crippen LogP contribution in [0.5, 0.6) is 0 Å². The number of carboxylic acids is 1. The number of carbonyl (C=O) groups is 2. The van der Waals surface area contributed by atoms with Crippen molar-refractivity contribution in [2.75, 3.05) is 0 Å². The van der Waals surface area contributed by atoms with Crippen LogP contribution in [0.1, 0.15) is 22.3 Å². The lowest BCUT2D eigenvalue weighted by Crippen LogP contribution is -2.38. The third kappa shape index (κ3) is 4.75. The maximum absolute atomic E-state index is 12.2. The van der Waals surface area contributed by atoms with Gasteiger partial charge >= 0.3 is 5.97 Å². The van der Waals surface area contributed by atoms with Crippen molar-refractivity contribution in [2.45, 2.75) is 19.0 Å². The molecule has 0 spiro atoms. The van der Waals surface area contributed by atoms with Crippen molar-refractivity contribution >= 4 is 27.7 Å². The van der Waals surface area contributed by atoms with Crippen molar-refractivity contribution in [3.63, 3.8) is 0 Å². The van der Waals surface area contributed by atoms with E-state index in [0.29, 0.717) is 12.1 Å². The number of Topliss-reactive ketones (excluding diaryl/α,β-unsaturated/α-hetero) is 1. The number of benzene rings is 1. The smallest absolute Gasteiger partial charge is 0.321 e. The molecule has 0 aliphatic rings. The van der Waals surface area contributed by atoms with Gasteiger partial charge in [0.2, 0.25) is 0 Å². The number of nitrogens with zero attached hydrogens (tertiary/aromatic N) is 1. The Morgan fingerprint density at radius 3 is 2.55 bits per heavy atom. The van der Waals surface area contributed by atoms with Crippen LogP contribution in [0.25, 0.3) is 0 Å². The van der Waals surface area contributed by atoms with Crippen molar-refractivity contribution in [3.8, 4) is 0 Å². The summed E-state index contributed by atoms with van der Waals surface area (Å²) in [5.74, 6) is -1.26. The molecule has 5 nitrogen and oxygen atoms in total. The molecule has 0 aliphatic heterocycles. The van der Waals surface area contributed by atoms with E-state index in [1.54, 1.807) is 42.7 Å². The first-order valence-electron chi connectivity index (χ1n) is 6.70. The predicted octanol–water partition coefficient (Wildman–Crippen LogP) is 2.66. The number of ketones is 1.